The predicted molar refractivity (Wildman–Crippen MR) is 204 cm³/mol. The third kappa shape index (κ3) is 16.5. The minimum atomic E-state index is -0.926. The molecule has 50 heavy (non-hydrogen) atoms. The van der Waals surface area contributed by atoms with Gasteiger partial charge in [0.2, 0.25) is 0 Å². The molecule has 14 heteroatoms. The monoisotopic (exact) mass is 755 g/mol. The molecular weight excluding hydrogens is 719 g/mol. The summed E-state index contributed by atoms with van der Waals surface area (Å²) in [6, 6.07) is 20.8. The molecule has 1 heterocycles. The Balaban J connectivity index is 0.00000111. The van der Waals surface area contributed by atoms with Crippen molar-refractivity contribution in [3.8, 4) is 27.7 Å². The highest BCUT2D eigenvalue weighted by Gasteiger charge is 2.18. The Hall–Kier alpha value is -4.89. The fourth-order valence-electron chi connectivity index (χ4n) is 3.56. The molecule has 10 nitrogen and oxygen atoms in total. The van der Waals surface area contributed by atoms with Gasteiger partial charge in [0.05, 0.1) is 12.8 Å². The summed E-state index contributed by atoms with van der Waals surface area (Å²) >= 11 is 8.98. The number of thiocarbonyl (C=S) groups is 1. The molecule has 0 aliphatic rings. The van der Waals surface area contributed by atoms with Gasteiger partial charge in [-0.05, 0) is 78.0 Å². The Morgan fingerprint density at radius 2 is 1.52 bits per heavy atom. The summed E-state index contributed by atoms with van der Waals surface area (Å²) in [6.07, 6.45) is 6.37. The third-order valence-corrected chi connectivity index (χ3v) is 8.56. The molecule has 3 aromatic carbocycles. The maximum absolute atomic E-state index is 12.7. The van der Waals surface area contributed by atoms with Crippen molar-refractivity contribution in [2.75, 3.05) is 0 Å². The van der Waals surface area contributed by atoms with Gasteiger partial charge >= 0.3 is 17.9 Å². The number of carbonyl (C=O) groups excluding carboxylic acids is 3. The van der Waals surface area contributed by atoms with E-state index in [2.05, 4.69) is 42.5 Å². The second-order valence-corrected chi connectivity index (χ2v) is 12.0. The van der Waals surface area contributed by atoms with Crippen molar-refractivity contribution < 1.29 is 38.5 Å². The van der Waals surface area contributed by atoms with Gasteiger partial charge in [-0.15, -0.1) is 10.1 Å². The summed E-state index contributed by atoms with van der Waals surface area (Å²) < 4.78 is 16.7. The first-order valence-electron chi connectivity index (χ1n) is 15.0. The first-order valence-corrected chi connectivity index (χ1v) is 18.2. The van der Waals surface area contributed by atoms with Crippen molar-refractivity contribution in [1.82, 2.24) is 0 Å². The van der Waals surface area contributed by atoms with E-state index in [-0.39, 0.29) is 36.5 Å². The van der Waals surface area contributed by atoms with Crippen LogP contribution in [0.4, 0.5) is 0 Å². The number of hydrogen-bond donors (Lipinski definition) is 0. The van der Waals surface area contributed by atoms with E-state index in [1.165, 1.54) is 34.6 Å². The molecular formula is C36H37NO9S4. The lowest BCUT2D eigenvalue weighted by atomic mass is 10.2. The summed E-state index contributed by atoms with van der Waals surface area (Å²) in [5.74, 6) is 1.06. The zero-order valence-electron chi connectivity index (χ0n) is 27.7. The van der Waals surface area contributed by atoms with Gasteiger partial charge < -0.3 is 19.0 Å². The van der Waals surface area contributed by atoms with Gasteiger partial charge in [0, 0.05) is 4.88 Å². The number of hydrogen-bond acceptors (Lipinski definition) is 13. The Morgan fingerprint density at radius 1 is 0.860 bits per heavy atom. The van der Waals surface area contributed by atoms with Crippen molar-refractivity contribution >= 4 is 68.9 Å². The van der Waals surface area contributed by atoms with Crippen molar-refractivity contribution in [3.63, 3.8) is 0 Å². The number of rotatable bonds is 13. The van der Waals surface area contributed by atoms with E-state index in [1.807, 2.05) is 38.1 Å². The van der Waals surface area contributed by atoms with Crippen LogP contribution in [-0.2, 0) is 21.0 Å². The summed E-state index contributed by atoms with van der Waals surface area (Å²) in [4.78, 5) is 53.2. The highest BCUT2D eigenvalue weighted by molar-refractivity contribution is 7.80. The molecule has 0 aliphatic carbocycles. The number of carbonyl (C=O) groups is 3. The molecule has 0 bridgehead atoms. The smallest absolute Gasteiger partial charge is 0.347 e. The fourth-order valence-corrected chi connectivity index (χ4v) is 5.97. The van der Waals surface area contributed by atoms with Crippen LogP contribution in [-0.4, -0.2) is 28.9 Å². The van der Waals surface area contributed by atoms with Crippen LogP contribution < -0.4 is 14.2 Å². The SMILES string of the molecule is C=C/C=C\CC.C=S.CC.O=C(CCC(=O)Oc1ccccc1C(=O)Oc1cccc(CO[N+](=O)[O-])c1)Oc1ccc(-c2cc(=S)ss2)cc1. The van der Waals surface area contributed by atoms with Crippen LogP contribution in [0.3, 0.4) is 0 Å². The molecule has 0 aliphatic heterocycles. The van der Waals surface area contributed by atoms with Gasteiger partial charge in [-0.2, -0.15) is 0 Å². The largest absolute Gasteiger partial charge is 0.427 e. The van der Waals surface area contributed by atoms with E-state index in [1.54, 1.807) is 52.8 Å². The molecule has 0 N–H and O–H groups in total. The molecule has 0 saturated heterocycles. The van der Waals surface area contributed by atoms with Crippen LogP contribution in [0.15, 0.2) is 104 Å². The molecule has 0 spiro atoms. The molecule has 4 aromatic rings. The Bertz CT molecular complexity index is 1770. The predicted octanol–water partition coefficient (Wildman–Crippen LogP) is 10.2. The van der Waals surface area contributed by atoms with Crippen LogP contribution in [0.25, 0.3) is 10.4 Å². The maximum atomic E-state index is 12.7. The minimum Gasteiger partial charge on any atom is -0.427 e. The van der Waals surface area contributed by atoms with Gasteiger partial charge in [-0.3, -0.25) is 9.59 Å². The average Bonchev–Trinajstić information content (AvgIpc) is 3.57. The molecule has 1 aromatic heterocycles. The summed E-state index contributed by atoms with van der Waals surface area (Å²) in [5.41, 5.74) is 1.34. The van der Waals surface area contributed by atoms with Gasteiger partial charge in [0.1, 0.15) is 33.2 Å². The summed E-state index contributed by atoms with van der Waals surface area (Å²) in [6.45, 7) is 9.30. The molecule has 0 atom stereocenters. The molecule has 0 fully saturated rings. The number of benzene rings is 3. The first kappa shape index (κ1) is 43.1. The van der Waals surface area contributed by atoms with Crippen LogP contribution >= 0.6 is 45.1 Å². The van der Waals surface area contributed by atoms with Crippen LogP contribution in [0.1, 0.15) is 56.0 Å². The van der Waals surface area contributed by atoms with E-state index in [0.29, 0.717) is 11.3 Å². The molecule has 0 saturated carbocycles. The number of allylic oxidation sites excluding steroid dienone is 3. The van der Waals surface area contributed by atoms with E-state index in [0.717, 1.165) is 20.7 Å². The van der Waals surface area contributed by atoms with Crippen molar-refractivity contribution in [1.29, 1.82) is 0 Å². The van der Waals surface area contributed by atoms with Crippen LogP contribution in [0, 0.1) is 13.9 Å². The quantitative estimate of drug-likeness (QED) is 0.0246. The van der Waals surface area contributed by atoms with Crippen molar-refractivity contribution in [3.05, 3.63) is 129 Å². The van der Waals surface area contributed by atoms with Crippen LogP contribution in [0.5, 0.6) is 17.2 Å². The van der Waals surface area contributed by atoms with E-state index in [4.69, 9.17) is 26.4 Å². The Kier molecular flexibility index (Phi) is 21.7. The number of ether oxygens (including phenoxy) is 3. The molecule has 0 radical (unpaired) electrons. The summed E-state index contributed by atoms with van der Waals surface area (Å²) in [5, 5.41) is 9.47. The van der Waals surface area contributed by atoms with E-state index < -0.39 is 23.0 Å². The Morgan fingerprint density at radius 3 is 2.10 bits per heavy atom. The van der Waals surface area contributed by atoms with E-state index in [9.17, 15) is 24.5 Å². The summed E-state index contributed by atoms with van der Waals surface area (Å²) in [7, 11) is 3.07. The topological polar surface area (TPSA) is 131 Å². The van der Waals surface area contributed by atoms with Crippen molar-refractivity contribution in [2.24, 2.45) is 0 Å². The maximum Gasteiger partial charge on any atom is 0.347 e. The minimum absolute atomic E-state index is 0.0276. The van der Waals surface area contributed by atoms with Gasteiger partial charge in [0.25, 0.3) is 5.09 Å². The lowest BCUT2D eigenvalue weighted by Crippen LogP contribution is -2.16. The van der Waals surface area contributed by atoms with Crippen LogP contribution in [0.2, 0.25) is 0 Å². The fraction of sp³-hybridized carbons (Fsp3) is 0.194. The lowest BCUT2D eigenvalue weighted by Gasteiger charge is -2.10. The lowest BCUT2D eigenvalue weighted by molar-refractivity contribution is -0.763. The molecule has 0 unspecified atom stereocenters. The second-order valence-electron chi connectivity index (χ2n) is 9.07. The normalized spacial score (nSPS) is 9.66. The Labute approximate surface area is 309 Å². The third-order valence-electron chi connectivity index (χ3n) is 5.65. The molecule has 0 amide bonds. The highest BCUT2D eigenvalue weighted by Crippen LogP contribution is 2.30. The second kappa shape index (κ2) is 25.1. The van der Waals surface area contributed by atoms with Gasteiger partial charge in [0.15, 0.2) is 0 Å². The van der Waals surface area contributed by atoms with E-state index >= 15 is 0 Å². The zero-order valence-corrected chi connectivity index (χ0v) is 31.0. The number of esters is 3. The van der Waals surface area contributed by atoms with Gasteiger partial charge in [-0.25, -0.2) is 4.79 Å². The van der Waals surface area contributed by atoms with Gasteiger partial charge in [-0.1, -0.05) is 115 Å². The number of para-hydroxylation sites is 1. The number of nitrogens with zero attached hydrogens (tertiary/aromatic N) is 1. The van der Waals surface area contributed by atoms with Crippen molar-refractivity contribution in [2.45, 2.75) is 46.6 Å². The molecule has 264 valence electrons. The highest BCUT2D eigenvalue weighted by atomic mass is 32.9. The average molecular weight is 756 g/mol. The first-order chi connectivity index (χ1) is 24.2. The zero-order chi connectivity index (χ0) is 37.3. The standard InChI is InChI=1S/C27H19NO9S3.C6H10.C2H6.CH2S/c29-24(35-19-10-8-18(9-11-19)23-15-26(38)40-39-23)12-13-25(30)37-22-7-2-1-6-21(22)27(31)36-20-5-3-4-17(14-20)16-34-28(32)33;1-3-5-6-4-2;2*1-2/h1-11,14-15H,12-13,16H2;3,5-6H,1,4H2,2H3;1-2H3;1H2/b;6-5-;;. The molecule has 4 rings (SSSR count).